The molecule has 0 spiro atoms. The molecule has 7 heteroatoms. The molecule has 0 unspecified atom stereocenters. The smallest absolute Gasteiger partial charge is 0.224 e. The number of morpholine rings is 1. The molecule has 4 rings (SSSR count). The first-order valence-electron chi connectivity index (χ1n) is 14.3. The maximum atomic E-state index is 13.6. The van der Waals surface area contributed by atoms with Gasteiger partial charge in [0.15, 0.2) is 0 Å². The molecule has 2 atom stereocenters. The van der Waals surface area contributed by atoms with Crippen LogP contribution in [0.2, 0.25) is 0 Å². The molecule has 0 aromatic rings. The minimum atomic E-state index is -0.828. The maximum Gasteiger partial charge on any atom is 0.224 e. The van der Waals surface area contributed by atoms with Crippen molar-refractivity contribution in [1.29, 1.82) is 5.26 Å². The van der Waals surface area contributed by atoms with Crippen LogP contribution in [-0.4, -0.2) is 72.6 Å². The van der Waals surface area contributed by atoms with Crippen LogP contribution in [0.1, 0.15) is 90.4 Å². The van der Waals surface area contributed by atoms with Gasteiger partial charge in [-0.05, 0) is 50.4 Å². The van der Waals surface area contributed by atoms with Crippen molar-refractivity contribution in [3.05, 3.63) is 0 Å². The van der Waals surface area contributed by atoms with Crippen molar-refractivity contribution in [1.82, 2.24) is 15.1 Å². The SMILES string of the molecule is CC[C@H]1CC[C@@H](N2CC[C@](C#N)(NC(=O)[C@@H](CC(=O)N3CCOCC3)CC3CCCCC3)C2)CC1. The van der Waals surface area contributed by atoms with Crippen molar-refractivity contribution in [2.24, 2.45) is 17.8 Å². The minimum absolute atomic E-state index is 0.0519. The molecule has 0 aromatic carbocycles. The zero-order valence-electron chi connectivity index (χ0n) is 21.8. The fourth-order valence-corrected chi connectivity index (χ4v) is 6.89. The Morgan fingerprint density at radius 1 is 1.03 bits per heavy atom. The standard InChI is InChI=1S/C28H46N4O3/c1-2-22-8-10-25(11-9-22)32-13-12-28(20-29,21-32)30-27(34)24(18-23-6-4-3-5-7-23)19-26(33)31-14-16-35-17-15-31/h22-25H,2-19,21H2,1H3,(H,30,34)/t22-,24-,25+,28-/m1/s1. The van der Waals surface area contributed by atoms with Gasteiger partial charge in [-0.3, -0.25) is 14.5 Å². The summed E-state index contributed by atoms with van der Waals surface area (Å²) in [6.45, 7) is 6.11. The van der Waals surface area contributed by atoms with E-state index < -0.39 is 5.54 Å². The summed E-state index contributed by atoms with van der Waals surface area (Å²) in [5.74, 6) is 0.960. The molecule has 2 aliphatic carbocycles. The van der Waals surface area contributed by atoms with Gasteiger partial charge in [0.2, 0.25) is 11.8 Å². The van der Waals surface area contributed by atoms with Crippen molar-refractivity contribution in [3.8, 4) is 6.07 Å². The molecular formula is C28H46N4O3. The minimum Gasteiger partial charge on any atom is -0.378 e. The molecule has 4 fully saturated rings. The van der Waals surface area contributed by atoms with E-state index in [1.807, 2.05) is 4.90 Å². The van der Waals surface area contributed by atoms with Crippen LogP contribution in [0.25, 0.3) is 0 Å². The Bertz CT molecular complexity index is 748. The number of carbonyl (C=O) groups excluding carboxylic acids is 2. The lowest BCUT2D eigenvalue weighted by Gasteiger charge is -2.35. The molecule has 2 saturated carbocycles. The Balaban J connectivity index is 1.38. The molecule has 7 nitrogen and oxygen atoms in total. The van der Waals surface area contributed by atoms with Crippen LogP contribution < -0.4 is 5.32 Å². The normalized spacial score (nSPS) is 31.6. The van der Waals surface area contributed by atoms with E-state index in [9.17, 15) is 14.9 Å². The van der Waals surface area contributed by atoms with Gasteiger partial charge in [0.1, 0.15) is 5.54 Å². The van der Waals surface area contributed by atoms with E-state index >= 15 is 0 Å². The molecule has 1 N–H and O–H groups in total. The van der Waals surface area contributed by atoms with E-state index in [-0.39, 0.29) is 24.2 Å². The van der Waals surface area contributed by atoms with Crippen LogP contribution in [0.3, 0.4) is 0 Å². The summed E-state index contributed by atoms with van der Waals surface area (Å²) in [4.78, 5) is 31.0. The van der Waals surface area contributed by atoms with E-state index in [4.69, 9.17) is 4.74 Å². The topological polar surface area (TPSA) is 85.7 Å². The van der Waals surface area contributed by atoms with Crippen LogP contribution in [-0.2, 0) is 14.3 Å². The summed E-state index contributed by atoms with van der Waals surface area (Å²) in [6.07, 6.45) is 13.9. The highest BCUT2D eigenvalue weighted by Crippen LogP contribution is 2.34. The van der Waals surface area contributed by atoms with E-state index in [1.165, 1.54) is 51.4 Å². The van der Waals surface area contributed by atoms with Crippen molar-refractivity contribution >= 4 is 11.8 Å². The predicted molar refractivity (Wildman–Crippen MR) is 135 cm³/mol. The molecule has 0 radical (unpaired) electrons. The molecule has 2 saturated heterocycles. The highest BCUT2D eigenvalue weighted by Gasteiger charge is 2.44. The Labute approximate surface area is 211 Å². The highest BCUT2D eigenvalue weighted by molar-refractivity contribution is 5.86. The Morgan fingerprint density at radius 2 is 1.74 bits per heavy atom. The summed E-state index contributed by atoms with van der Waals surface area (Å²) >= 11 is 0. The van der Waals surface area contributed by atoms with Gasteiger partial charge in [-0.15, -0.1) is 0 Å². The number of carbonyl (C=O) groups is 2. The first-order valence-corrected chi connectivity index (χ1v) is 14.3. The number of rotatable bonds is 8. The number of ether oxygens (including phenoxy) is 1. The third kappa shape index (κ3) is 6.98. The number of hydrogen-bond donors (Lipinski definition) is 1. The van der Waals surface area contributed by atoms with E-state index in [0.29, 0.717) is 51.2 Å². The second kappa shape index (κ2) is 12.5. The van der Waals surface area contributed by atoms with Gasteiger partial charge in [0.05, 0.1) is 19.3 Å². The third-order valence-corrected chi connectivity index (χ3v) is 9.28. The Kier molecular flexibility index (Phi) is 9.46. The van der Waals surface area contributed by atoms with Crippen molar-refractivity contribution in [2.45, 2.75) is 102 Å². The second-order valence-electron chi connectivity index (χ2n) is 11.6. The van der Waals surface area contributed by atoms with Gasteiger partial charge < -0.3 is 15.0 Å². The van der Waals surface area contributed by atoms with Gasteiger partial charge in [-0.25, -0.2) is 0 Å². The van der Waals surface area contributed by atoms with E-state index in [1.54, 1.807) is 0 Å². The fraction of sp³-hybridized carbons (Fsp3) is 0.893. The van der Waals surface area contributed by atoms with Gasteiger partial charge in [-0.2, -0.15) is 5.26 Å². The number of amides is 2. The molecule has 0 aromatic heterocycles. The predicted octanol–water partition coefficient (Wildman–Crippen LogP) is 3.87. The lowest BCUT2D eigenvalue weighted by molar-refractivity contribution is -0.140. The highest BCUT2D eigenvalue weighted by atomic mass is 16.5. The van der Waals surface area contributed by atoms with Crippen LogP contribution in [0.4, 0.5) is 0 Å². The van der Waals surface area contributed by atoms with Crippen molar-refractivity contribution in [3.63, 3.8) is 0 Å². The molecular weight excluding hydrogens is 440 g/mol. The zero-order chi connectivity index (χ0) is 24.7. The quantitative estimate of drug-likeness (QED) is 0.563. The molecule has 2 amide bonds. The molecule has 4 aliphatic rings. The summed E-state index contributed by atoms with van der Waals surface area (Å²) in [5, 5.41) is 13.4. The second-order valence-corrected chi connectivity index (χ2v) is 11.6. The Morgan fingerprint density at radius 3 is 2.40 bits per heavy atom. The van der Waals surface area contributed by atoms with E-state index in [2.05, 4.69) is 23.2 Å². The molecule has 2 aliphatic heterocycles. The first kappa shape index (κ1) is 26.4. The number of nitrogens with one attached hydrogen (secondary N) is 1. The average Bonchev–Trinajstić information content (AvgIpc) is 3.33. The van der Waals surface area contributed by atoms with Crippen molar-refractivity contribution < 1.29 is 14.3 Å². The number of hydrogen-bond acceptors (Lipinski definition) is 5. The van der Waals surface area contributed by atoms with E-state index in [0.717, 1.165) is 31.7 Å². The molecule has 196 valence electrons. The monoisotopic (exact) mass is 486 g/mol. The number of nitrogens with zero attached hydrogens (tertiary/aromatic N) is 3. The van der Waals surface area contributed by atoms with Gasteiger partial charge in [-0.1, -0.05) is 45.4 Å². The number of nitriles is 1. The van der Waals surface area contributed by atoms with Crippen LogP contribution in [0.5, 0.6) is 0 Å². The molecule has 2 heterocycles. The van der Waals surface area contributed by atoms with Crippen LogP contribution in [0.15, 0.2) is 0 Å². The van der Waals surface area contributed by atoms with Gasteiger partial charge >= 0.3 is 0 Å². The molecule has 0 bridgehead atoms. The third-order valence-electron chi connectivity index (χ3n) is 9.28. The zero-order valence-corrected chi connectivity index (χ0v) is 21.8. The van der Waals surface area contributed by atoms with Crippen LogP contribution in [0, 0.1) is 29.1 Å². The van der Waals surface area contributed by atoms with Crippen LogP contribution >= 0.6 is 0 Å². The lowest BCUT2D eigenvalue weighted by atomic mass is 9.81. The summed E-state index contributed by atoms with van der Waals surface area (Å²) < 4.78 is 5.40. The fourth-order valence-electron chi connectivity index (χ4n) is 6.89. The summed E-state index contributed by atoms with van der Waals surface area (Å²) in [5.41, 5.74) is -0.828. The summed E-state index contributed by atoms with van der Waals surface area (Å²) in [6, 6.07) is 3.02. The Hall–Kier alpha value is -1.65. The molecule has 35 heavy (non-hydrogen) atoms. The maximum absolute atomic E-state index is 13.6. The van der Waals surface area contributed by atoms with Crippen molar-refractivity contribution in [2.75, 3.05) is 39.4 Å². The first-order chi connectivity index (χ1) is 17.0. The largest absolute Gasteiger partial charge is 0.378 e. The average molecular weight is 487 g/mol. The lowest BCUT2D eigenvalue weighted by Crippen LogP contribution is -2.53. The van der Waals surface area contributed by atoms with Gasteiger partial charge in [0, 0.05) is 44.6 Å². The summed E-state index contributed by atoms with van der Waals surface area (Å²) in [7, 11) is 0. The van der Waals surface area contributed by atoms with Gasteiger partial charge in [0.25, 0.3) is 0 Å². The number of likely N-dealkylation sites (tertiary alicyclic amines) is 1.